The SMILES string of the molecule is O=C(O)c1cn(CCNCCn2ccnn2)nn1. The number of hydrogen-bond donors (Lipinski definition) is 2. The van der Waals surface area contributed by atoms with Gasteiger partial charge in [-0.05, 0) is 0 Å². The third-order valence-electron chi connectivity index (χ3n) is 2.27. The summed E-state index contributed by atoms with van der Waals surface area (Å²) in [6, 6.07) is 0. The van der Waals surface area contributed by atoms with E-state index in [1.165, 1.54) is 10.9 Å². The number of nitrogens with one attached hydrogen (secondary N) is 1. The van der Waals surface area contributed by atoms with Gasteiger partial charge in [0.05, 0.1) is 25.5 Å². The maximum Gasteiger partial charge on any atom is 0.358 e. The molecule has 0 saturated carbocycles. The number of rotatable bonds is 7. The average Bonchev–Trinajstić information content (AvgIpc) is 2.98. The summed E-state index contributed by atoms with van der Waals surface area (Å²) in [4.78, 5) is 10.6. The van der Waals surface area contributed by atoms with Crippen LogP contribution in [0.25, 0.3) is 0 Å². The molecule has 0 aliphatic rings. The molecular weight excluding hydrogens is 238 g/mol. The van der Waals surface area contributed by atoms with E-state index in [0.717, 1.165) is 13.1 Å². The molecule has 0 atom stereocenters. The minimum Gasteiger partial charge on any atom is -0.476 e. The van der Waals surface area contributed by atoms with E-state index in [0.29, 0.717) is 13.1 Å². The molecule has 0 radical (unpaired) electrons. The van der Waals surface area contributed by atoms with E-state index in [1.807, 2.05) is 0 Å². The minimum atomic E-state index is -1.07. The second-order valence-electron chi connectivity index (χ2n) is 3.59. The fraction of sp³-hybridized carbons (Fsp3) is 0.444. The molecular formula is C9H13N7O2. The number of aromatic carboxylic acids is 1. The Morgan fingerprint density at radius 1 is 1.28 bits per heavy atom. The first-order valence-electron chi connectivity index (χ1n) is 5.44. The monoisotopic (exact) mass is 251 g/mol. The molecule has 2 aromatic rings. The predicted octanol–water partition coefficient (Wildman–Crippen LogP) is -1.14. The van der Waals surface area contributed by atoms with E-state index >= 15 is 0 Å². The normalized spacial score (nSPS) is 10.7. The Hall–Kier alpha value is -2.29. The van der Waals surface area contributed by atoms with Crippen molar-refractivity contribution in [3.8, 4) is 0 Å². The van der Waals surface area contributed by atoms with Gasteiger partial charge in [-0.3, -0.25) is 9.36 Å². The third kappa shape index (κ3) is 3.35. The smallest absolute Gasteiger partial charge is 0.358 e. The van der Waals surface area contributed by atoms with Gasteiger partial charge >= 0.3 is 5.97 Å². The highest BCUT2D eigenvalue weighted by molar-refractivity contribution is 5.84. The fourth-order valence-electron chi connectivity index (χ4n) is 1.37. The van der Waals surface area contributed by atoms with Gasteiger partial charge in [0, 0.05) is 19.3 Å². The number of carboxylic acids is 1. The molecule has 2 N–H and O–H groups in total. The van der Waals surface area contributed by atoms with Crippen LogP contribution >= 0.6 is 0 Å². The van der Waals surface area contributed by atoms with Crippen LogP contribution in [0.4, 0.5) is 0 Å². The van der Waals surface area contributed by atoms with Gasteiger partial charge in [-0.15, -0.1) is 10.2 Å². The molecule has 9 nitrogen and oxygen atoms in total. The predicted molar refractivity (Wildman–Crippen MR) is 59.9 cm³/mol. The number of carboxylic acid groups (broad SMARTS) is 1. The van der Waals surface area contributed by atoms with Crippen molar-refractivity contribution in [3.05, 3.63) is 24.3 Å². The van der Waals surface area contributed by atoms with Crippen LogP contribution in [-0.4, -0.2) is 54.2 Å². The first-order valence-corrected chi connectivity index (χ1v) is 5.44. The maximum atomic E-state index is 10.6. The lowest BCUT2D eigenvalue weighted by Crippen LogP contribution is -2.24. The molecule has 18 heavy (non-hydrogen) atoms. The summed E-state index contributed by atoms with van der Waals surface area (Å²) in [6.07, 6.45) is 4.82. The summed E-state index contributed by atoms with van der Waals surface area (Å²) >= 11 is 0. The van der Waals surface area contributed by atoms with Crippen molar-refractivity contribution in [1.82, 2.24) is 35.3 Å². The van der Waals surface area contributed by atoms with Gasteiger partial charge in [0.15, 0.2) is 5.69 Å². The van der Waals surface area contributed by atoms with Gasteiger partial charge in [0.1, 0.15) is 0 Å². The molecule has 0 unspecified atom stereocenters. The molecule has 0 aromatic carbocycles. The van der Waals surface area contributed by atoms with Crippen molar-refractivity contribution >= 4 is 5.97 Å². The summed E-state index contributed by atoms with van der Waals surface area (Å²) in [5, 5.41) is 26.6. The summed E-state index contributed by atoms with van der Waals surface area (Å²) in [7, 11) is 0. The molecule has 2 aromatic heterocycles. The van der Waals surface area contributed by atoms with Gasteiger partial charge < -0.3 is 10.4 Å². The Balaban J connectivity index is 1.64. The summed E-state index contributed by atoms with van der Waals surface area (Å²) in [5.41, 5.74) is -0.0439. The molecule has 0 amide bonds. The Bertz CT molecular complexity index is 493. The zero-order valence-corrected chi connectivity index (χ0v) is 9.60. The summed E-state index contributed by atoms with van der Waals surface area (Å²) in [6.45, 7) is 2.73. The van der Waals surface area contributed by atoms with Gasteiger partial charge in [0.25, 0.3) is 0 Å². The Morgan fingerprint density at radius 2 is 2.06 bits per heavy atom. The highest BCUT2D eigenvalue weighted by Gasteiger charge is 2.07. The van der Waals surface area contributed by atoms with Crippen molar-refractivity contribution in [2.45, 2.75) is 13.1 Å². The highest BCUT2D eigenvalue weighted by Crippen LogP contribution is 1.91. The van der Waals surface area contributed by atoms with Crippen LogP contribution < -0.4 is 5.32 Å². The van der Waals surface area contributed by atoms with Crippen LogP contribution in [0.5, 0.6) is 0 Å². The fourth-order valence-corrected chi connectivity index (χ4v) is 1.37. The van der Waals surface area contributed by atoms with Crippen molar-refractivity contribution in [3.63, 3.8) is 0 Å². The molecule has 2 rings (SSSR count). The molecule has 0 spiro atoms. The zero-order valence-electron chi connectivity index (χ0n) is 9.60. The zero-order chi connectivity index (χ0) is 12.8. The maximum absolute atomic E-state index is 10.6. The average molecular weight is 251 g/mol. The van der Waals surface area contributed by atoms with Crippen molar-refractivity contribution in [2.24, 2.45) is 0 Å². The number of carbonyl (C=O) groups is 1. The van der Waals surface area contributed by atoms with E-state index in [1.54, 1.807) is 17.1 Å². The molecule has 9 heteroatoms. The van der Waals surface area contributed by atoms with Crippen molar-refractivity contribution < 1.29 is 9.90 Å². The van der Waals surface area contributed by atoms with Gasteiger partial charge in [0.2, 0.25) is 0 Å². The number of hydrogen-bond acceptors (Lipinski definition) is 6. The molecule has 0 bridgehead atoms. The van der Waals surface area contributed by atoms with E-state index < -0.39 is 5.97 Å². The Labute approximate surface area is 102 Å². The lowest BCUT2D eigenvalue weighted by molar-refractivity contribution is 0.0690. The quantitative estimate of drug-likeness (QED) is 0.598. The number of nitrogens with zero attached hydrogens (tertiary/aromatic N) is 6. The summed E-state index contributed by atoms with van der Waals surface area (Å²) in [5.74, 6) is -1.07. The third-order valence-corrected chi connectivity index (χ3v) is 2.27. The van der Waals surface area contributed by atoms with Gasteiger partial charge in [-0.2, -0.15) is 0 Å². The second kappa shape index (κ2) is 5.87. The molecule has 0 fully saturated rings. The van der Waals surface area contributed by atoms with Gasteiger partial charge in [-0.1, -0.05) is 10.4 Å². The Kier molecular flexibility index (Phi) is 3.97. The standard InChI is InChI=1S/C9H13N7O2/c17-9(18)8-7-16(14-12-8)5-2-10-1-4-15-6-3-11-13-15/h3,6-7,10H,1-2,4-5H2,(H,17,18). The van der Waals surface area contributed by atoms with Crippen molar-refractivity contribution in [1.29, 1.82) is 0 Å². The Morgan fingerprint density at radius 3 is 2.67 bits per heavy atom. The second-order valence-corrected chi connectivity index (χ2v) is 3.59. The topological polar surface area (TPSA) is 111 Å². The van der Waals surface area contributed by atoms with Crippen LogP contribution in [0.2, 0.25) is 0 Å². The lowest BCUT2D eigenvalue weighted by atomic mass is 10.5. The largest absolute Gasteiger partial charge is 0.476 e. The highest BCUT2D eigenvalue weighted by atomic mass is 16.4. The van der Waals surface area contributed by atoms with Crippen LogP contribution in [0.1, 0.15) is 10.5 Å². The first-order chi connectivity index (χ1) is 8.75. The molecule has 0 aliphatic heterocycles. The van der Waals surface area contributed by atoms with Crippen molar-refractivity contribution in [2.75, 3.05) is 13.1 Å². The van der Waals surface area contributed by atoms with E-state index in [-0.39, 0.29) is 5.69 Å². The summed E-state index contributed by atoms with van der Waals surface area (Å²) < 4.78 is 3.22. The lowest BCUT2D eigenvalue weighted by Gasteiger charge is -2.03. The minimum absolute atomic E-state index is 0.0439. The van der Waals surface area contributed by atoms with E-state index in [2.05, 4.69) is 25.9 Å². The van der Waals surface area contributed by atoms with Gasteiger partial charge in [-0.25, -0.2) is 4.79 Å². The first kappa shape index (κ1) is 12.2. The molecule has 2 heterocycles. The van der Waals surface area contributed by atoms with Crippen LogP contribution in [0.15, 0.2) is 18.6 Å². The van der Waals surface area contributed by atoms with E-state index in [9.17, 15) is 4.79 Å². The number of aromatic nitrogens is 6. The molecule has 96 valence electrons. The van der Waals surface area contributed by atoms with Crippen LogP contribution in [-0.2, 0) is 13.1 Å². The van der Waals surface area contributed by atoms with Crippen LogP contribution in [0.3, 0.4) is 0 Å². The molecule has 0 saturated heterocycles. The van der Waals surface area contributed by atoms with E-state index in [4.69, 9.17) is 5.11 Å². The van der Waals surface area contributed by atoms with Crippen LogP contribution in [0, 0.1) is 0 Å². The molecule has 0 aliphatic carbocycles.